The number of phenols is 1. The van der Waals surface area contributed by atoms with Gasteiger partial charge in [-0.2, -0.15) is 0 Å². The van der Waals surface area contributed by atoms with Gasteiger partial charge < -0.3 is 14.9 Å². The molecule has 0 unspecified atom stereocenters. The van der Waals surface area contributed by atoms with E-state index in [9.17, 15) is 15.0 Å². The van der Waals surface area contributed by atoms with Crippen LogP contribution in [0.4, 0.5) is 0 Å². The van der Waals surface area contributed by atoms with Crippen LogP contribution in [0, 0.1) is 0 Å². The lowest BCUT2D eigenvalue weighted by Crippen LogP contribution is -2.00. The Kier molecular flexibility index (Phi) is 10.1. The molecule has 158 valence electrons. The van der Waals surface area contributed by atoms with Gasteiger partial charge in [0.15, 0.2) is 0 Å². The molecule has 0 aliphatic heterocycles. The van der Waals surface area contributed by atoms with Crippen LogP contribution in [0.3, 0.4) is 0 Å². The molecule has 2 aromatic rings. The van der Waals surface area contributed by atoms with Gasteiger partial charge in [0, 0.05) is 0 Å². The minimum Gasteiger partial charge on any atom is -0.507 e. The van der Waals surface area contributed by atoms with Crippen molar-refractivity contribution in [1.82, 2.24) is 0 Å². The summed E-state index contributed by atoms with van der Waals surface area (Å²) in [4.78, 5) is 11.4. The fraction of sp³-hybridized carbons (Fsp3) is 0.480. The van der Waals surface area contributed by atoms with E-state index in [1.54, 1.807) is 12.1 Å². The molecule has 0 spiro atoms. The largest absolute Gasteiger partial charge is 0.507 e. The normalized spacial score (nSPS) is 10.8. The van der Waals surface area contributed by atoms with Crippen molar-refractivity contribution in [2.45, 2.75) is 71.1 Å². The summed E-state index contributed by atoms with van der Waals surface area (Å²) in [5.74, 6) is -0.586. The summed E-state index contributed by atoms with van der Waals surface area (Å²) >= 11 is 0. The SMILES string of the molecule is CCCCCCCCCCCCOc1ccc(-c2cccc(O)c2C(=O)O)cc1. The maximum absolute atomic E-state index is 11.4. The maximum atomic E-state index is 11.4. The second kappa shape index (κ2) is 12.9. The molecule has 0 aliphatic rings. The van der Waals surface area contributed by atoms with Crippen molar-refractivity contribution in [3.63, 3.8) is 0 Å². The van der Waals surface area contributed by atoms with Gasteiger partial charge in [-0.3, -0.25) is 0 Å². The second-order valence-corrected chi connectivity index (χ2v) is 7.56. The van der Waals surface area contributed by atoms with Crippen LogP contribution in [0.15, 0.2) is 42.5 Å². The molecule has 29 heavy (non-hydrogen) atoms. The summed E-state index contributed by atoms with van der Waals surface area (Å²) < 4.78 is 5.80. The van der Waals surface area contributed by atoms with E-state index in [4.69, 9.17) is 4.74 Å². The van der Waals surface area contributed by atoms with Gasteiger partial charge in [0.1, 0.15) is 17.1 Å². The molecule has 2 N–H and O–H groups in total. The third-order valence-corrected chi connectivity index (χ3v) is 5.19. The molecule has 0 aromatic heterocycles. The van der Waals surface area contributed by atoms with E-state index < -0.39 is 5.97 Å². The molecule has 0 bridgehead atoms. The first kappa shape index (κ1) is 22.8. The molecule has 0 saturated heterocycles. The molecular formula is C25H34O4. The number of carboxylic acid groups (broad SMARTS) is 1. The molecule has 2 rings (SSSR count). The zero-order chi connectivity index (χ0) is 20.9. The molecule has 4 heteroatoms. The van der Waals surface area contributed by atoms with Crippen molar-refractivity contribution in [2.75, 3.05) is 6.61 Å². The van der Waals surface area contributed by atoms with Crippen molar-refractivity contribution in [2.24, 2.45) is 0 Å². The number of aromatic carboxylic acids is 1. The van der Waals surface area contributed by atoms with E-state index in [2.05, 4.69) is 6.92 Å². The Hall–Kier alpha value is -2.49. The van der Waals surface area contributed by atoms with Gasteiger partial charge in [-0.05, 0) is 35.7 Å². The molecule has 0 saturated carbocycles. The molecule has 4 nitrogen and oxygen atoms in total. The van der Waals surface area contributed by atoms with E-state index in [0.29, 0.717) is 12.2 Å². The Labute approximate surface area is 174 Å². The highest BCUT2D eigenvalue weighted by atomic mass is 16.5. The van der Waals surface area contributed by atoms with Crippen molar-refractivity contribution in [3.05, 3.63) is 48.0 Å². The van der Waals surface area contributed by atoms with Crippen LogP contribution in [0.1, 0.15) is 81.5 Å². The summed E-state index contributed by atoms with van der Waals surface area (Å²) in [6.45, 7) is 2.95. The van der Waals surface area contributed by atoms with Crippen molar-refractivity contribution < 1.29 is 19.7 Å². The number of aromatic hydroxyl groups is 1. The van der Waals surface area contributed by atoms with Gasteiger partial charge in [-0.25, -0.2) is 4.79 Å². The lowest BCUT2D eigenvalue weighted by molar-refractivity contribution is 0.0694. The Morgan fingerprint density at radius 2 is 1.41 bits per heavy atom. The molecule has 2 aromatic carbocycles. The average Bonchev–Trinajstić information content (AvgIpc) is 2.72. The minimum atomic E-state index is -1.14. The minimum absolute atomic E-state index is 0.0773. The van der Waals surface area contributed by atoms with Crippen LogP contribution < -0.4 is 4.74 Å². The van der Waals surface area contributed by atoms with E-state index >= 15 is 0 Å². The highest BCUT2D eigenvalue weighted by molar-refractivity contribution is 5.98. The van der Waals surface area contributed by atoms with E-state index in [1.165, 1.54) is 63.9 Å². The van der Waals surface area contributed by atoms with Crippen LogP contribution in [-0.2, 0) is 0 Å². The van der Waals surface area contributed by atoms with Gasteiger partial charge in [-0.15, -0.1) is 0 Å². The number of ether oxygens (including phenoxy) is 1. The summed E-state index contributed by atoms with van der Waals surface area (Å²) in [6.07, 6.45) is 13.0. The zero-order valence-corrected chi connectivity index (χ0v) is 17.5. The molecule has 0 aliphatic carbocycles. The average molecular weight is 399 g/mol. The Bertz CT molecular complexity index is 737. The van der Waals surface area contributed by atoms with Gasteiger partial charge in [0.05, 0.1) is 6.61 Å². The standard InChI is InChI=1S/C25H34O4/c1-2-3-4-5-6-7-8-9-10-11-19-29-21-17-15-20(16-18-21)22-13-12-14-23(26)24(22)25(27)28/h12-18,26H,2-11,19H2,1H3,(H,27,28). The topological polar surface area (TPSA) is 66.8 Å². The van der Waals surface area contributed by atoms with E-state index in [1.807, 2.05) is 24.3 Å². The first-order valence-electron chi connectivity index (χ1n) is 10.9. The fourth-order valence-corrected chi connectivity index (χ4v) is 3.52. The predicted octanol–water partition coefficient (Wildman–Crippen LogP) is 7.06. The van der Waals surface area contributed by atoms with Crippen molar-refractivity contribution >= 4 is 5.97 Å². The number of unbranched alkanes of at least 4 members (excludes halogenated alkanes) is 9. The summed E-state index contributed by atoms with van der Waals surface area (Å²) in [5, 5.41) is 19.2. The smallest absolute Gasteiger partial charge is 0.340 e. The number of carboxylic acids is 1. The highest BCUT2D eigenvalue weighted by Gasteiger charge is 2.16. The van der Waals surface area contributed by atoms with Gasteiger partial charge in [0.25, 0.3) is 0 Å². The van der Waals surface area contributed by atoms with Gasteiger partial charge >= 0.3 is 5.97 Å². The van der Waals surface area contributed by atoms with Crippen LogP contribution >= 0.6 is 0 Å². The first-order valence-corrected chi connectivity index (χ1v) is 10.9. The highest BCUT2D eigenvalue weighted by Crippen LogP contribution is 2.31. The Balaban J connectivity index is 1.69. The zero-order valence-electron chi connectivity index (χ0n) is 17.5. The predicted molar refractivity (Wildman–Crippen MR) is 118 cm³/mol. The number of hydrogen-bond donors (Lipinski definition) is 2. The summed E-state index contributed by atoms with van der Waals surface area (Å²) in [5.41, 5.74) is 1.16. The summed E-state index contributed by atoms with van der Waals surface area (Å²) in [6, 6.07) is 12.1. The number of rotatable bonds is 14. The lowest BCUT2D eigenvalue weighted by Gasteiger charge is -2.10. The third kappa shape index (κ3) is 7.80. The lowest BCUT2D eigenvalue weighted by atomic mass is 9.99. The molecule has 0 fully saturated rings. The molecule has 0 heterocycles. The van der Waals surface area contributed by atoms with E-state index in [0.717, 1.165) is 17.7 Å². The maximum Gasteiger partial charge on any atom is 0.340 e. The first-order chi connectivity index (χ1) is 14.1. The molecule has 0 radical (unpaired) electrons. The third-order valence-electron chi connectivity index (χ3n) is 5.19. The van der Waals surface area contributed by atoms with Crippen molar-refractivity contribution in [3.8, 4) is 22.6 Å². The van der Waals surface area contributed by atoms with Crippen molar-refractivity contribution in [1.29, 1.82) is 0 Å². The summed E-state index contributed by atoms with van der Waals surface area (Å²) in [7, 11) is 0. The Morgan fingerprint density at radius 3 is 2.00 bits per heavy atom. The van der Waals surface area contributed by atoms with Crippen LogP contribution in [0.25, 0.3) is 11.1 Å². The number of hydrogen-bond acceptors (Lipinski definition) is 3. The fourth-order valence-electron chi connectivity index (χ4n) is 3.52. The second-order valence-electron chi connectivity index (χ2n) is 7.56. The van der Waals surface area contributed by atoms with Crippen LogP contribution in [0.5, 0.6) is 11.5 Å². The monoisotopic (exact) mass is 398 g/mol. The molecule has 0 amide bonds. The quantitative estimate of drug-likeness (QED) is 0.334. The molecular weight excluding hydrogens is 364 g/mol. The van der Waals surface area contributed by atoms with Gasteiger partial charge in [-0.1, -0.05) is 89.0 Å². The van der Waals surface area contributed by atoms with E-state index in [-0.39, 0.29) is 11.3 Å². The molecule has 0 atom stereocenters. The van der Waals surface area contributed by atoms with Crippen LogP contribution in [0.2, 0.25) is 0 Å². The Morgan fingerprint density at radius 1 is 0.828 bits per heavy atom. The number of benzene rings is 2. The number of carbonyl (C=O) groups is 1. The van der Waals surface area contributed by atoms with Gasteiger partial charge in [0.2, 0.25) is 0 Å². The van der Waals surface area contributed by atoms with Crippen LogP contribution in [-0.4, -0.2) is 22.8 Å².